The van der Waals surface area contributed by atoms with E-state index in [1.807, 2.05) is 0 Å². The van der Waals surface area contributed by atoms with Crippen LogP contribution in [0, 0.1) is 0 Å². The Bertz CT molecular complexity index is 188. The quantitative estimate of drug-likeness (QED) is 0.212. The summed E-state index contributed by atoms with van der Waals surface area (Å²) in [5.41, 5.74) is 5.71. The van der Waals surface area contributed by atoms with Crippen molar-refractivity contribution in [1.29, 1.82) is 0 Å². The highest BCUT2D eigenvalue weighted by Crippen LogP contribution is 2.14. The van der Waals surface area contributed by atoms with Gasteiger partial charge in [-0.3, -0.25) is 0 Å². The van der Waals surface area contributed by atoms with Crippen LogP contribution in [0.1, 0.15) is 78.1 Å². The minimum absolute atomic E-state index is 0.121. The van der Waals surface area contributed by atoms with E-state index < -0.39 is 0 Å². The molecule has 0 bridgehead atoms. The van der Waals surface area contributed by atoms with Gasteiger partial charge < -0.3 is 10.2 Å². The summed E-state index contributed by atoms with van der Waals surface area (Å²) in [7, 11) is 0. The Hall–Kier alpha value is -0.200. The maximum atomic E-state index is 9.00. The van der Waals surface area contributed by atoms with E-state index in [4.69, 9.17) is 10.2 Å². The molecule has 1 unspecified atom stereocenters. The Morgan fingerprint density at radius 2 is 1.30 bits per heavy atom. The molecular formula is C15H35N3O2. The standard InChI is InChI=1S/C15H35N3O2/c1-3-5-6-7-8-9-10-12-15(11-4-2)18(16-13-19)17-14-20/h15-17,19-20H,3-14H2,1-2H3. The van der Waals surface area contributed by atoms with E-state index in [2.05, 4.69) is 24.7 Å². The fourth-order valence-corrected chi connectivity index (χ4v) is 2.54. The summed E-state index contributed by atoms with van der Waals surface area (Å²) in [6.45, 7) is 4.16. The Morgan fingerprint density at radius 3 is 1.80 bits per heavy atom. The molecule has 0 aliphatic rings. The van der Waals surface area contributed by atoms with Gasteiger partial charge in [-0.05, 0) is 12.8 Å². The van der Waals surface area contributed by atoms with E-state index in [0.29, 0.717) is 6.04 Å². The number of nitrogens with zero attached hydrogens (tertiary/aromatic N) is 1. The molecule has 0 aromatic rings. The topological polar surface area (TPSA) is 67.8 Å². The van der Waals surface area contributed by atoms with E-state index in [0.717, 1.165) is 19.3 Å². The van der Waals surface area contributed by atoms with Crippen molar-refractivity contribution in [3.63, 3.8) is 0 Å². The van der Waals surface area contributed by atoms with Crippen LogP contribution in [0.3, 0.4) is 0 Å². The molecule has 0 aliphatic heterocycles. The Labute approximate surface area is 124 Å². The second-order valence-corrected chi connectivity index (χ2v) is 5.35. The van der Waals surface area contributed by atoms with E-state index in [1.54, 1.807) is 5.12 Å². The molecule has 0 rings (SSSR count). The average molecular weight is 289 g/mol. The molecule has 0 fully saturated rings. The molecule has 5 heteroatoms. The predicted molar refractivity (Wildman–Crippen MR) is 83.6 cm³/mol. The van der Waals surface area contributed by atoms with Crippen LogP contribution in [0.2, 0.25) is 0 Å². The van der Waals surface area contributed by atoms with Gasteiger partial charge in [0.15, 0.2) is 0 Å². The number of rotatable bonds is 15. The van der Waals surface area contributed by atoms with Gasteiger partial charge in [-0.25, -0.2) is 10.9 Å². The third-order valence-electron chi connectivity index (χ3n) is 3.61. The van der Waals surface area contributed by atoms with Gasteiger partial charge in [0.05, 0.1) is 0 Å². The first-order chi connectivity index (χ1) is 9.79. The van der Waals surface area contributed by atoms with Crippen LogP contribution in [-0.2, 0) is 0 Å². The first-order valence-corrected chi connectivity index (χ1v) is 8.28. The molecule has 5 nitrogen and oxygen atoms in total. The Balaban J connectivity index is 3.86. The summed E-state index contributed by atoms with van der Waals surface area (Å²) in [6.07, 6.45) is 12.4. The maximum Gasteiger partial charge on any atom is 0.107 e. The molecular weight excluding hydrogens is 254 g/mol. The Morgan fingerprint density at radius 1 is 0.750 bits per heavy atom. The number of hydrogen-bond acceptors (Lipinski definition) is 5. The molecule has 0 aromatic carbocycles. The van der Waals surface area contributed by atoms with Crippen LogP contribution in [-0.4, -0.2) is 34.8 Å². The fraction of sp³-hybridized carbons (Fsp3) is 1.00. The molecule has 0 amide bonds. The summed E-state index contributed by atoms with van der Waals surface area (Å²) in [5, 5.41) is 19.8. The number of nitrogens with one attached hydrogen (secondary N) is 2. The molecule has 0 saturated heterocycles. The summed E-state index contributed by atoms with van der Waals surface area (Å²) in [6, 6.07) is 0.315. The van der Waals surface area contributed by atoms with Gasteiger partial charge in [0.2, 0.25) is 0 Å². The maximum absolute atomic E-state index is 9.00. The van der Waals surface area contributed by atoms with Crippen molar-refractivity contribution in [3.8, 4) is 0 Å². The van der Waals surface area contributed by atoms with Crippen LogP contribution in [0.15, 0.2) is 0 Å². The lowest BCUT2D eigenvalue weighted by Gasteiger charge is -2.31. The average Bonchev–Trinajstić information content (AvgIpc) is 2.45. The first-order valence-electron chi connectivity index (χ1n) is 8.28. The van der Waals surface area contributed by atoms with Crippen molar-refractivity contribution in [2.45, 2.75) is 84.1 Å². The van der Waals surface area contributed by atoms with Crippen molar-refractivity contribution in [2.24, 2.45) is 0 Å². The zero-order chi connectivity index (χ0) is 15.1. The highest BCUT2D eigenvalue weighted by molar-refractivity contribution is 4.65. The normalized spacial score (nSPS) is 13.1. The molecule has 0 spiro atoms. The zero-order valence-electron chi connectivity index (χ0n) is 13.4. The minimum Gasteiger partial charge on any atom is -0.380 e. The van der Waals surface area contributed by atoms with Gasteiger partial charge in [0, 0.05) is 6.04 Å². The molecule has 0 aromatic heterocycles. The van der Waals surface area contributed by atoms with E-state index in [1.165, 1.54) is 44.9 Å². The predicted octanol–water partition coefficient (Wildman–Crippen LogP) is 2.51. The van der Waals surface area contributed by atoms with Crippen LogP contribution >= 0.6 is 0 Å². The van der Waals surface area contributed by atoms with Gasteiger partial charge in [-0.15, -0.1) is 0 Å². The lowest BCUT2D eigenvalue weighted by atomic mass is 10.0. The van der Waals surface area contributed by atoms with Crippen molar-refractivity contribution in [2.75, 3.05) is 13.5 Å². The summed E-state index contributed by atoms with van der Waals surface area (Å²) >= 11 is 0. The second kappa shape index (κ2) is 15.2. The smallest absolute Gasteiger partial charge is 0.107 e. The molecule has 0 radical (unpaired) electrons. The molecule has 1 atom stereocenters. The van der Waals surface area contributed by atoms with Gasteiger partial charge in [0.1, 0.15) is 13.5 Å². The number of aliphatic hydroxyl groups is 2. The van der Waals surface area contributed by atoms with Gasteiger partial charge in [-0.2, -0.15) is 5.12 Å². The van der Waals surface area contributed by atoms with Crippen LogP contribution in [0.4, 0.5) is 0 Å². The van der Waals surface area contributed by atoms with Crippen LogP contribution in [0.5, 0.6) is 0 Å². The highest BCUT2D eigenvalue weighted by atomic mass is 16.3. The molecule has 0 heterocycles. The fourth-order valence-electron chi connectivity index (χ4n) is 2.54. The molecule has 122 valence electrons. The molecule has 20 heavy (non-hydrogen) atoms. The summed E-state index contributed by atoms with van der Waals surface area (Å²) in [4.78, 5) is 0. The highest BCUT2D eigenvalue weighted by Gasteiger charge is 2.16. The van der Waals surface area contributed by atoms with Crippen molar-refractivity contribution >= 4 is 0 Å². The number of hydrogen-bond donors (Lipinski definition) is 4. The SMILES string of the molecule is CCCCCCCCCC(CCC)N(NCO)NCO. The first kappa shape index (κ1) is 19.8. The second-order valence-electron chi connectivity index (χ2n) is 5.35. The van der Waals surface area contributed by atoms with E-state index in [9.17, 15) is 0 Å². The van der Waals surface area contributed by atoms with Gasteiger partial charge in [0.25, 0.3) is 0 Å². The van der Waals surface area contributed by atoms with E-state index >= 15 is 0 Å². The van der Waals surface area contributed by atoms with Crippen molar-refractivity contribution < 1.29 is 10.2 Å². The molecule has 0 aliphatic carbocycles. The number of hydrazine groups is 2. The van der Waals surface area contributed by atoms with Crippen molar-refractivity contribution in [3.05, 3.63) is 0 Å². The summed E-state index contributed by atoms with van der Waals surface area (Å²) in [5.74, 6) is 0. The number of unbranched alkanes of at least 4 members (excludes halogenated alkanes) is 6. The Kier molecular flexibility index (Phi) is 15.0. The van der Waals surface area contributed by atoms with Crippen LogP contribution < -0.4 is 10.9 Å². The largest absolute Gasteiger partial charge is 0.380 e. The lowest BCUT2D eigenvalue weighted by molar-refractivity contribution is -0.0141. The zero-order valence-corrected chi connectivity index (χ0v) is 13.4. The third-order valence-corrected chi connectivity index (χ3v) is 3.61. The van der Waals surface area contributed by atoms with Gasteiger partial charge in [-0.1, -0.05) is 65.2 Å². The monoisotopic (exact) mass is 289 g/mol. The van der Waals surface area contributed by atoms with Crippen molar-refractivity contribution in [1.82, 2.24) is 16.0 Å². The summed E-state index contributed by atoms with van der Waals surface area (Å²) < 4.78 is 0. The lowest BCUT2D eigenvalue weighted by Crippen LogP contribution is -2.54. The van der Waals surface area contributed by atoms with E-state index in [-0.39, 0.29) is 13.5 Å². The number of aliphatic hydroxyl groups excluding tert-OH is 2. The van der Waals surface area contributed by atoms with Crippen LogP contribution in [0.25, 0.3) is 0 Å². The minimum atomic E-state index is -0.121. The third kappa shape index (κ3) is 10.6. The molecule has 4 N–H and O–H groups in total. The van der Waals surface area contributed by atoms with Gasteiger partial charge >= 0.3 is 0 Å². The molecule has 0 saturated carbocycles.